The van der Waals surface area contributed by atoms with Gasteiger partial charge < -0.3 is 15.8 Å². The first-order valence-electron chi connectivity index (χ1n) is 7.38. The van der Waals surface area contributed by atoms with Crippen LogP contribution in [-0.2, 0) is 9.53 Å². The van der Waals surface area contributed by atoms with Gasteiger partial charge in [0, 0.05) is 31.3 Å². The minimum atomic E-state index is -0.721. The van der Waals surface area contributed by atoms with Crippen LogP contribution in [0.15, 0.2) is 24.4 Å². The Balaban J connectivity index is 1.87. The van der Waals surface area contributed by atoms with Crippen molar-refractivity contribution < 1.29 is 13.9 Å². The molecule has 0 spiro atoms. The molecule has 0 radical (unpaired) electrons. The van der Waals surface area contributed by atoms with E-state index in [9.17, 15) is 9.18 Å². The van der Waals surface area contributed by atoms with Crippen LogP contribution in [0.5, 0.6) is 0 Å². The molecule has 7 heteroatoms. The summed E-state index contributed by atoms with van der Waals surface area (Å²) in [5.41, 5.74) is 5.31. The lowest BCUT2D eigenvalue weighted by molar-refractivity contribution is -0.132. The molecular weight excluding hydrogens is 321 g/mol. The number of hydrogen-bond acceptors (Lipinski definition) is 4. The lowest BCUT2D eigenvalue weighted by Gasteiger charge is -2.34. The van der Waals surface area contributed by atoms with Gasteiger partial charge in [-0.2, -0.15) is 0 Å². The Bertz CT molecular complexity index is 747. The highest BCUT2D eigenvalue weighted by Gasteiger charge is 2.38. The second-order valence-corrected chi connectivity index (χ2v) is 6.13. The third-order valence-electron chi connectivity index (χ3n) is 4.39. The van der Waals surface area contributed by atoms with Crippen LogP contribution < -0.4 is 11.1 Å². The lowest BCUT2D eigenvalue weighted by atomic mass is 9.79. The minimum absolute atomic E-state index is 0.197. The van der Waals surface area contributed by atoms with Gasteiger partial charge >= 0.3 is 0 Å². The number of halogens is 2. The second kappa shape index (κ2) is 6.29. The molecule has 3 N–H and O–H groups in total. The molecule has 0 bridgehead atoms. The number of hydrogen-bond donors (Lipinski definition) is 2. The van der Waals surface area contributed by atoms with Crippen molar-refractivity contribution in [3.05, 3.63) is 35.2 Å². The van der Waals surface area contributed by atoms with E-state index < -0.39 is 17.1 Å². The summed E-state index contributed by atoms with van der Waals surface area (Å²) < 4.78 is 19.9. The fourth-order valence-corrected chi connectivity index (χ4v) is 3.03. The Kier molecular flexibility index (Phi) is 4.37. The van der Waals surface area contributed by atoms with E-state index >= 15 is 0 Å². The van der Waals surface area contributed by atoms with Crippen LogP contribution in [0.2, 0.25) is 5.02 Å². The zero-order valence-corrected chi connectivity index (χ0v) is 13.2. The molecule has 1 saturated heterocycles. The molecule has 122 valence electrons. The maximum Gasteiger partial charge on any atom is 0.225 e. The number of nitrogens with zero attached hydrogens (tertiary/aromatic N) is 1. The van der Waals surface area contributed by atoms with Gasteiger partial charge in [-0.05, 0) is 31.0 Å². The molecule has 0 saturated carbocycles. The van der Waals surface area contributed by atoms with Gasteiger partial charge in [-0.1, -0.05) is 11.6 Å². The number of rotatable bonds is 4. The van der Waals surface area contributed by atoms with Gasteiger partial charge in [0.2, 0.25) is 5.91 Å². The molecule has 1 aliphatic rings. The SMILES string of the molecule is NC(=O)C1(CNc2ccc3c(Cl)ccnc3c2F)CCOCC1. The molecule has 1 aromatic heterocycles. The smallest absolute Gasteiger partial charge is 0.225 e. The highest BCUT2D eigenvalue weighted by Crippen LogP contribution is 2.32. The summed E-state index contributed by atoms with van der Waals surface area (Å²) >= 11 is 6.04. The third kappa shape index (κ3) is 2.96. The van der Waals surface area contributed by atoms with Crippen molar-refractivity contribution in [3.8, 4) is 0 Å². The topological polar surface area (TPSA) is 77.2 Å². The van der Waals surface area contributed by atoms with Crippen molar-refractivity contribution in [2.24, 2.45) is 11.1 Å². The average Bonchev–Trinajstić information content (AvgIpc) is 2.56. The Morgan fingerprint density at radius 2 is 2.13 bits per heavy atom. The first-order chi connectivity index (χ1) is 11.0. The number of amides is 1. The number of carbonyl (C=O) groups is 1. The number of ether oxygens (including phenoxy) is 1. The number of fused-ring (bicyclic) bond motifs is 1. The summed E-state index contributed by atoms with van der Waals surface area (Å²) in [6.07, 6.45) is 2.50. The van der Waals surface area contributed by atoms with E-state index in [4.69, 9.17) is 22.1 Å². The maximum absolute atomic E-state index is 14.6. The molecule has 0 aliphatic carbocycles. The summed E-state index contributed by atoms with van der Waals surface area (Å²) in [5.74, 6) is -0.882. The molecule has 3 rings (SSSR count). The van der Waals surface area contributed by atoms with E-state index in [-0.39, 0.29) is 17.7 Å². The van der Waals surface area contributed by atoms with Crippen LogP contribution in [0.4, 0.5) is 10.1 Å². The van der Waals surface area contributed by atoms with Gasteiger partial charge in [0.1, 0.15) is 5.52 Å². The van der Waals surface area contributed by atoms with E-state index in [1.165, 1.54) is 6.20 Å². The summed E-state index contributed by atoms with van der Waals surface area (Å²) in [6, 6.07) is 4.91. The van der Waals surface area contributed by atoms with Gasteiger partial charge in [-0.25, -0.2) is 4.39 Å². The molecule has 2 aromatic rings. The van der Waals surface area contributed by atoms with Crippen molar-refractivity contribution in [2.45, 2.75) is 12.8 Å². The zero-order valence-electron chi connectivity index (χ0n) is 12.4. The predicted molar refractivity (Wildman–Crippen MR) is 86.9 cm³/mol. The Hall–Kier alpha value is -1.92. The monoisotopic (exact) mass is 337 g/mol. The molecule has 1 aromatic carbocycles. The van der Waals surface area contributed by atoms with Crippen molar-refractivity contribution in [2.75, 3.05) is 25.1 Å². The first kappa shape index (κ1) is 16.0. The number of pyridine rings is 1. The average molecular weight is 338 g/mol. The van der Waals surface area contributed by atoms with E-state index in [2.05, 4.69) is 10.3 Å². The number of benzene rings is 1. The second-order valence-electron chi connectivity index (χ2n) is 5.73. The van der Waals surface area contributed by atoms with Gasteiger partial charge in [0.15, 0.2) is 5.82 Å². The van der Waals surface area contributed by atoms with Crippen LogP contribution in [-0.4, -0.2) is 30.6 Å². The van der Waals surface area contributed by atoms with E-state index in [1.54, 1.807) is 18.2 Å². The standard InChI is InChI=1S/C16H17ClFN3O2/c17-11-3-6-20-14-10(11)1-2-12(13(14)18)21-9-16(15(19)22)4-7-23-8-5-16/h1-3,6,21H,4-5,7-9H2,(H2,19,22). The molecule has 5 nitrogen and oxygen atoms in total. The van der Waals surface area contributed by atoms with Crippen molar-refractivity contribution >= 4 is 34.1 Å². The van der Waals surface area contributed by atoms with Crippen LogP contribution >= 0.6 is 11.6 Å². The largest absolute Gasteiger partial charge is 0.382 e. The number of nitrogens with two attached hydrogens (primary N) is 1. The number of aromatic nitrogens is 1. The maximum atomic E-state index is 14.6. The Morgan fingerprint density at radius 3 is 2.83 bits per heavy atom. The Labute approximate surface area is 138 Å². The summed E-state index contributed by atoms with van der Waals surface area (Å²) in [5, 5.41) is 3.99. The fourth-order valence-electron chi connectivity index (χ4n) is 2.82. The first-order valence-corrected chi connectivity index (χ1v) is 7.75. The van der Waals surface area contributed by atoms with E-state index in [0.717, 1.165) is 0 Å². The fraction of sp³-hybridized carbons (Fsp3) is 0.375. The molecule has 1 fully saturated rings. The van der Waals surface area contributed by atoms with Crippen molar-refractivity contribution in [1.82, 2.24) is 4.98 Å². The van der Waals surface area contributed by atoms with Gasteiger partial charge in [0.05, 0.1) is 16.1 Å². The lowest BCUT2D eigenvalue weighted by Crippen LogP contribution is -2.46. The van der Waals surface area contributed by atoms with Crippen molar-refractivity contribution in [1.29, 1.82) is 0 Å². The van der Waals surface area contributed by atoms with Crippen molar-refractivity contribution in [3.63, 3.8) is 0 Å². The quantitative estimate of drug-likeness (QED) is 0.899. The summed E-state index contributed by atoms with van der Waals surface area (Å²) in [6.45, 7) is 1.21. The minimum Gasteiger partial charge on any atom is -0.382 e. The number of anilines is 1. The molecule has 1 amide bonds. The van der Waals surface area contributed by atoms with E-state index in [1.807, 2.05) is 0 Å². The van der Waals surface area contributed by atoms with Crippen LogP contribution in [0.3, 0.4) is 0 Å². The zero-order chi connectivity index (χ0) is 16.4. The normalized spacial score (nSPS) is 17.1. The predicted octanol–water partition coefficient (Wildman–Crippen LogP) is 2.72. The van der Waals surface area contributed by atoms with Gasteiger partial charge in [-0.3, -0.25) is 9.78 Å². The van der Waals surface area contributed by atoms with Crippen LogP contribution in [0.1, 0.15) is 12.8 Å². The number of carbonyl (C=O) groups excluding carboxylic acids is 1. The van der Waals surface area contributed by atoms with Crippen LogP contribution in [0.25, 0.3) is 10.9 Å². The molecular formula is C16H17ClFN3O2. The van der Waals surface area contributed by atoms with Crippen LogP contribution in [0, 0.1) is 11.2 Å². The van der Waals surface area contributed by atoms with Gasteiger partial charge in [-0.15, -0.1) is 0 Å². The van der Waals surface area contributed by atoms with Gasteiger partial charge in [0.25, 0.3) is 0 Å². The molecule has 0 atom stereocenters. The van der Waals surface area contributed by atoms with E-state index in [0.29, 0.717) is 36.5 Å². The number of nitrogens with one attached hydrogen (secondary N) is 1. The Morgan fingerprint density at radius 1 is 1.39 bits per heavy atom. The third-order valence-corrected chi connectivity index (χ3v) is 4.72. The molecule has 23 heavy (non-hydrogen) atoms. The molecule has 2 heterocycles. The highest BCUT2D eigenvalue weighted by atomic mass is 35.5. The molecule has 1 aliphatic heterocycles. The molecule has 0 unspecified atom stereocenters. The summed E-state index contributed by atoms with van der Waals surface area (Å²) in [4.78, 5) is 15.9. The number of primary amides is 1. The highest BCUT2D eigenvalue weighted by molar-refractivity contribution is 6.35. The summed E-state index contributed by atoms with van der Waals surface area (Å²) in [7, 11) is 0.